The standard InChI is InChI=1S/C18H22N4O5/c1-10(2)14(17(26)21-12-6-8-20-18(27)15(12)24)22-16(25)13(23)9-11-5-3-4-7-19-11/h3-5,7,10,12,14H,6,8-9H2,1-2H3,(H,20,27)(H,21,26)(H,22,25). The Morgan fingerprint density at radius 1 is 1.26 bits per heavy atom. The molecule has 1 aliphatic heterocycles. The zero-order valence-electron chi connectivity index (χ0n) is 15.2. The number of pyridine rings is 1. The van der Waals surface area contributed by atoms with E-state index in [-0.39, 0.29) is 25.3 Å². The minimum absolute atomic E-state index is 0.180. The monoisotopic (exact) mass is 374 g/mol. The Hall–Kier alpha value is -3.10. The smallest absolute Gasteiger partial charge is 0.289 e. The summed E-state index contributed by atoms with van der Waals surface area (Å²) >= 11 is 0. The number of Topliss-reactive ketones (excluding diaryl/α,β-unsaturated/α-hetero) is 2. The molecule has 2 unspecified atom stereocenters. The Bertz CT molecular complexity index is 747. The molecule has 0 bridgehead atoms. The second-order valence-electron chi connectivity index (χ2n) is 6.59. The highest BCUT2D eigenvalue weighted by atomic mass is 16.2. The summed E-state index contributed by atoms with van der Waals surface area (Å²) in [6.07, 6.45) is 1.61. The molecule has 0 aromatic carbocycles. The first kappa shape index (κ1) is 20.2. The first-order chi connectivity index (χ1) is 12.8. The molecule has 1 aromatic rings. The third-order valence-corrected chi connectivity index (χ3v) is 4.13. The number of carbonyl (C=O) groups excluding carboxylic acids is 5. The Morgan fingerprint density at radius 3 is 2.63 bits per heavy atom. The van der Waals surface area contributed by atoms with Crippen LogP contribution in [0.5, 0.6) is 0 Å². The van der Waals surface area contributed by atoms with E-state index in [9.17, 15) is 24.0 Å². The molecule has 2 heterocycles. The SMILES string of the molecule is CC(C)C(NC(=O)C(=O)Cc1ccccn1)C(=O)NC1CCNC(=O)C1=O. The van der Waals surface area contributed by atoms with E-state index in [1.807, 2.05) is 0 Å². The molecule has 0 spiro atoms. The van der Waals surface area contributed by atoms with Crippen molar-refractivity contribution in [1.29, 1.82) is 0 Å². The highest BCUT2D eigenvalue weighted by Gasteiger charge is 2.34. The molecule has 0 radical (unpaired) electrons. The summed E-state index contributed by atoms with van der Waals surface area (Å²) in [6, 6.07) is 3.07. The molecule has 3 amide bonds. The van der Waals surface area contributed by atoms with E-state index in [2.05, 4.69) is 20.9 Å². The van der Waals surface area contributed by atoms with Gasteiger partial charge in [0.05, 0.1) is 12.5 Å². The highest BCUT2D eigenvalue weighted by Crippen LogP contribution is 2.06. The van der Waals surface area contributed by atoms with Crippen molar-refractivity contribution in [1.82, 2.24) is 20.9 Å². The molecule has 3 N–H and O–H groups in total. The van der Waals surface area contributed by atoms with Crippen LogP contribution in [0.4, 0.5) is 0 Å². The van der Waals surface area contributed by atoms with Crippen LogP contribution in [0.3, 0.4) is 0 Å². The van der Waals surface area contributed by atoms with Gasteiger partial charge in [-0.1, -0.05) is 19.9 Å². The molecule has 9 nitrogen and oxygen atoms in total. The summed E-state index contributed by atoms with van der Waals surface area (Å²) in [5.41, 5.74) is 0.446. The molecule has 1 aromatic heterocycles. The van der Waals surface area contributed by atoms with Gasteiger partial charge in [0.1, 0.15) is 6.04 Å². The molecule has 0 saturated carbocycles. The van der Waals surface area contributed by atoms with Gasteiger partial charge in [0.25, 0.3) is 11.8 Å². The van der Waals surface area contributed by atoms with Gasteiger partial charge in [0, 0.05) is 18.4 Å². The van der Waals surface area contributed by atoms with Gasteiger partial charge in [-0.15, -0.1) is 0 Å². The molecular weight excluding hydrogens is 352 g/mol. The van der Waals surface area contributed by atoms with Crippen LogP contribution in [0, 0.1) is 5.92 Å². The molecule has 1 fully saturated rings. The van der Waals surface area contributed by atoms with Crippen LogP contribution < -0.4 is 16.0 Å². The maximum absolute atomic E-state index is 12.5. The van der Waals surface area contributed by atoms with Crippen LogP contribution >= 0.6 is 0 Å². The second kappa shape index (κ2) is 9.02. The number of amides is 3. The van der Waals surface area contributed by atoms with E-state index in [0.29, 0.717) is 5.69 Å². The Balaban J connectivity index is 1.98. The van der Waals surface area contributed by atoms with E-state index in [4.69, 9.17) is 0 Å². The number of nitrogens with one attached hydrogen (secondary N) is 3. The summed E-state index contributed by atoms with van der Waals surface area (Å²) in [4.78, 5) is 63.9. The van der Waals surface area contributed by atoms with Crippen LogP contribution in [0.1, 0.15) is 26.0 Å². The Labute approximate surface area is 156 Å². The summed E-state index contributed by atoms with van der Waals surface area (Å²) in [6.45, 7) is 3.67. The lowest BCUT2D eigenvalue weighted by Crippen LogP contribution is -2.58. The van der Waals surface area contributed by atoms with Gasteiger partial charge in [-0.3, -0.25) is 29.0 Å². The normalized spacial score (nSPS) is 17.8. The van der Waals surface area contributed by atoms with E-state index >= 15 is 0 Å². The van der Waals surface area contributed by atoms with Crippen LogP contribution in [0.25, 0.3) is 0 Å². The Kier molecular flexibility index (Phi) is 6.75. The first-order valence-corrected chi connectivity index (χ1v) is 8.65. The maximum Gasteiger partial charge on any atom is 0.289 e. The van der Waals surface area contributed by atoms with Gasteiger partial charge >= 0.3 is 0 Å². The minimum Gasteiger partial charge on any atom is -0.349 e. The van der Waals surface area contributed by atoms with Crippen LogP contribution in [-0.4, -0.2) is 52.9 Å². The van der Waals surface area contributed by atoms with E-state index in [1.165, 1.54) is 6.20 Å². The number of aromatic nitrogens is 1. The fraction of sp³-hybridized carbons (Fsp3) is 0.444. The van der Waals surface area contributed by atoms with E-state index in [0.717, 1.165) is 0 Å². The number of carbonyl (C=O) groups is 5. The number of nitrogens with zero attached hydrogens (tertiary/aromatic N) is 1. The van der Waals surface area contributed by atoms with Gasteiger partial charge < -0.3 is 16.0 Å². The minimum atomic E-state index is -1.01. The number of hydrogen-bond donors (Lipinski definition) is 3. The third kappa shape index (κ3) is 5.44. The zero-order valence-corrected chi connectivity index (χ0v) is 15.2. The molecule has 1 saturated heterocycles. The quantitative estimate of drug-likeness (QED) is 0.519. The molecule has 0 aliphatic carbocycles. The van der Waals surface area contributed by atoms with E-state index < -0.39 is 41.4 Å². The summed E-state index contributed by atoms with van der Waals surface area (Å²) < 4.78 is 0. The fourth-order valence-electron chi connectivity index (χ4n) is 2.61. The summed E-state index contributed by atoms with van der Waals surface area (Å²) in [7, 11) is 0. The lowest BCUT2D eigenvalue weighted by molar-refractivity contribution is -0.142. The van der Waals surface area contributed by atoms with E-state index in [1.54, 1.807) is 32.0 Å². The lowest BCUT2D eigenvalue weighted by Gasteiger charge is -2.26. The third-order valence-electron chi connectivity index (χ3n) is 4.13. The average molecular weight is 374 g/mol. The molecule has 9 heteroatoms. The molecular formula is C18H22N4O5. The van der Waals surface area contributed by atoms with Crippen molar-refractivity contribution in [3.8, 4) is 0 Å². The second-order valence-corrected chi connectivity index (χ2v) is 6.59. The highest BCUT2D eigenvalue weighted by molar-refractivity contribution is 6.39. The summed E-state index contributed by atoms with van der Waals surface area (Å²) in [5.74, 6) is -4.04. The van der Waals surface area contributed by atoms with Gasteiger partial charge in [-0.2, -0.15) is 0 Å². The van der Waals surface area contributed by atoms with Crippen molar-refractivity contribution in [2.24, 2.45) is 5.92 Å². The predicted molar refractivity (Wildman–Crippen MR) is 94.3 cm³/mol. The topological polar surface area (TPSA) is 134 Å². The van der Waals surface area contributed by atoms with Crippen LogP contribution in [0.15, 0.2) is 24.4 Å². The zero-order chi connectivity index (χ0) is 20.0. The largest absolute Gasteiger partial charge is 0.349 e. The number of ketones is 2. The van der Waals surface area contributed by atoms with Gasteiger partial charge in [-0.25, -0.2) is 0 Å². The van der Waals surface area contributed by atoms with Gasteiger partial charge in [0.2, 0.25) is 17.5 Å². The maximum atomic E-state index is 12.5. The molecule has 2 atom stereocenters. The molecule has 144 valence electrons. The summed E-state index contributed by atoms with van der Waals surface area (Å²) in [5, 5.41) is 7.30. The van der Waals surface area contributed by atoms with Crippen molar-refractivity contribution < 1.29 is 24.0 Å². The van der Waals surface area contributed by atoms with Crippen molar-refractivity contribution in [3.05, 3.63) is 30.1 Å². The number of hydrogen-bond acceptors (Lipinski definition) is 6. The number of rotatable bonds is 7. The predicted octanol–water partition coefficient (Wildman–Crippen LogP) is -1.09. The van der Waals surface area contributed by atoms with Crippen LogP contribution in [0.2, 0.25) is 0 Å². The lowest BCUT2D eigenvalue weighted by atomic mass is 10.00. The Morgan fingerprint density at radius 2 is 2.00 bits per heavy atom. The van der Waals surface area contributed by atoms with Crippen molar-refractivity contribution in [2.45, 2.75) is 38.8 Å². The first-order valence-electron chi connectivity index (χ1n) is 8.65. The van der Waals surface area contributed by atoms with Crippen molar-refractivity contribution in [2.75, 3.05) is 6.54 Å². The van der Waals surface area contributed by atoms with Crippen molar-refractivity contribution in [3.63, 3.8) is 0 Å². The van der Waals surface area contributed by atoms with Crippen LogP contribution in [-0.2, 0) is 30.4 Å². The van der Waals surface area contributed by atoms with Crippen molar-refractivity contribution >= 4 is 29.3 Å². The molecule has 27 heavy (non-hydrogen) atoms. The average Bonchev–Trinajstić information content (AvgIpc) is 2.63. The van der Waals surface area contributed by atoms with Gasteiger partial charge in [0.15, 0.2) is 0 Å². The number of piperidine rings is 1. The van der Waals surface area contributed by atoms with Gasteiger partial charge in [-0.05, 0) is 24.5 Å². The molecule has 2 rings (SSSR count). The molecule has 1 aliphatic rings. The fourth-order valence-corrected chi connectivity index (χ4v) is 2.61.